The van der Waals surface area contributed by atoms with Crippen molar-refractivity contribution in [3.05, 3.63) is 0 Å². The van der Waals surface area contributed by atoms with Crippen LogP contribution in [0.1, 0.15) is 0 Å². The zero-order valence-electron chi connectivity index (χ0n) is 4.40. The number of rotatable bonds is 3. The molecule has 1 atom stereocenters. The van der Waals surface area contributed by atoms with Crippen LogP contribution in [0.25, 0.3) is 0 Å². The highest BCUT2D eigenvalue weighted by molar-refractivity contribution is 7.80. The summed E-state index contributed by atoms with van der Waals surface area (Å²) in [6.45, 7) is 0. The minimum absolute atomic E-state index is 0.287. The first kappa shape index (κ1) is 8.28. The lowest BCUT2D eigenvalue weighted by Gasteiger charge is -2.04. The van der Waals surface area contributed by atoms with Gasteiger partial charge in [0.2, 0.25) is 6.10 Å². The molecule has 0 aromatic rings. The fraction of sp³-hybridized carbons (Fsp3) is 0.333. The van der Waals surface area contributed by atoms with E-state index in [1.165, 1.54) is 0 Å². The van der Waals surface area contributed by atoms with Crippen LogP contribution in [-0.2, 0) is 9.63 Å². The van der Waals surface area contributed by atoms with Gasteiger partial charge >= 0.3 is 5.97 Å². The summed E-state index contributed by atoms with van der Waals surface area (Å²) in [6.07, 6.45) is -1.38. The van der Waals surface area contributed by atoms with Gasteiger partial charge in [0.15, 0.2) is 0 Å². The topological polar surface area (TPSA) is 98.6 Å². The van der Waals surface area contributed by atoms with Gasteiger partial charge in [-0.3, -0.25) is 4.84 Å². The van der Waals surface area contributed by atoms with Crippen molar-refractivity contribution < 1.29 is 14.7 Å². The third kappa shape index (κ3) is 2.36. The van der Waals surface area contributed by atoms with Gasteiger partial charge in [-0.2, -0.15) is 0 Å². The molecule has 0 bridgehead atoms. The first-order valence-electron chi connectivity index (χ1n) is 1.97. The number of hydrogen-bond donors (Lipinski definition) is 3. The van der Waals surface area contributed by atoms with Crippen LogP contribution < -0.4 is 11.6 Å². The summed E-state index contributed by atoms with van der Waals surface area (Å²) in [5.41, 5.74) is 4.89. The Morgan fingerprint density at radius 3 is 2.22 bits per heavy atom. The van der Waals surface area contributed by atoms with Crippen molar-refractivity contribution in [1.82, 2.24) is 0 Å². The van der Waals surface area contributed by atoms with Gasteiger partial charge in [-0.15, -0.1) is 0 Å². The van der Waals surface area contributed by atoms with Gasteiger partial charge in [0.1, 0.15) is 4.99 Å². The summed E-state index contributed by atoms with van der Waals surface area (Å²) in [6, 6.07) is 0. The van der Waals surface area contributed by atoms with Gasteiger partial charge in [-0.05, 0) is 0 Å². The minimum Gasteiger partial charge on any atom is -0.479 e. The van der Waals surface area contributed by atoms with Crippen LogP contribution >= 0.6 is 12.2 Å². The molecule has 0 aromatic heterocycles. The molecule has 5 N–H and O–H groups in total. The number of aliphatic carboxylic acids is 1. The maximum Gasteiger partial charge on any atom is 0.342 e. The molecular formula is C3H6N2O3S. The first-order chi connectivity index (χ1) is 4.09. The van der Waals surface area contributed by atoms with Gasteiger partial charge in [-0.25, -0.2) is 10.7 Å². The SMILES string of the molecule is NOC(C(=O)O)C(N)=S. The molecule has 0 aromatic carbocycles. The van der Waals surface area contributed by atoms with E-state index in [2.05, 4.69) is 23.0 Å². The van der Waals surface area contributed by atoms with Gasteiger partial charge < -0.3 is 10.8 Å². The Morgan fingerprint density at radius 1 is 1.78 bits per heavy atom. The van der Waals surface area contributed by atoms with E-state index < -0.39 is 12.1 Å². The summed E-state index contributed by atoms with van der Waals surface area (Å²) in [7, 11) is 0. The molecule has 0 fully saturated rings. The van der Waals surface area contributed by atoms with Gasteiger partial charge in [0, 0.05) is 0 Å². The van der Waals surface area contributed by atoms with Crippen LogP contribution in [-0.4, -0.2) is 22.2 Å². The number of nitrogens with two attached hydrogens (primary N) is 2. The smallest absolute Gasteiger partial charge is 0.342 e. The van der Waals surface area contributed by atoms with Crippen molar-refractivity contribution in [2.45, 2.75) is 6.10 Å². The third-order valence-electron chi connectivity index (χ3n) is 0.619. The molecule has 5 nitrogen and oxygen atoms in total. The molecule has 0 rings (SSSR count). The highest BCUT2D eigenvalue weighted by Crippen LogP contribution is 1.86. The Morgan fingerprint density at radius 2 is 2.22 bits per heavy atom. The maximum absolute atomic E-state index is 10.00. The number of carbonyl (C=O) groups is 1. The van der Waals surface area contributed by atoms with Crippen molar-refractivity contribution in [2.75, 3.05) is 0 Å². The second kappa shape index (κ2) is 3.33. The molecule has 0 saturated heterocycles. The Labute approximate surface area is 56.5 Å². The van der Waals surface area contributed by atoms with Gasteiger partial charge in [0.05, 0.1) is 0 Å². The first-order valence-corrected chi connectivity index (χ1v) is 2.38. The molecule has 1 unspecified atom stereocenters. The fourth-order valence-electron chi connectivity index (χ4n) is 0.247. The highest BCUT2D eigenvalue weighted by atomic mass is 32.1. The number of carboxylic acid groups (broad SMARTS) is 1. The van der Waals surface area contributed by atoms with Crippen molar-refractivity contribution >= 4 is 23.2 Å². The van der Waals surface area contributed by atoms with E-state index >= 15 is 0 Å². The average molecular weight is 150 g/mol. The van der Waals surface area contributed by atoms with Crippen LogP contribution in [0.4, 0.5) is 0 Å². The lowest BCUT2D eigenvalue weighted by molar-refractivity contribution is -0.145. The van der Waals surface area contributed by atoms with Crippen LogP contribution in [0, 0.1) is 0 Å². The predicted octanol–water partition coefficient (Wildman–Crippen LogP) is -1.38. The lowest BCUT2D eigenvalue weighted by Crippen LogP contribution is -2.38. The van der Waals surface area contributed by atoms with E-state index in [-0.39, 0.29) is 4.99 Å². The fourth-order valence-corrected chi connectivity index (χ4v) is 0.403. The summed E-state index contributed by atoms with van der Waals surface area (Å²) in [5, 5.41) is 8.17. The largest absolute Gasteiger partial charge is 0.479 e. The number of hydrogen-bond acceptors (Lipinski definition) is 4. The second-order valence-electron chi connectivity index (χ2n) is 1.26. The van der Waals surface area contributed by atoms with E-state index in [9.17, 15) is 4.79 Å². The Hall–Kier alpha value is -0.720. The molecule has 0 radical (unpaired) electrons. The molecule has 0 aliphatic heterocycles. The molecule has 6 heteroatoms. The van der Waals surface area contributed by atoms with Crippen molar-refractivity contribution in [1.29, 1.82) is 0 Å². The number of thiocarbonyl (C=S) groups is 1. The van der Waals surface area contributed by atoms with E-state index in [1.54, 1.807) is 0 Å². The monoisotopic (exact) mass is 150 g/mol. The Balaban J connectivity index is 3.99. The molecule has 0 aliphatic carbocycles. The van der Waals surface area contributed by atoms with Crippen molar-refractivity contribution in [3.8, 4) is 0 Å². The highest BCUT2D eigenvalue weighted by Gasteiger charge is 2.19. The third-order valence-corrected chi connectivity index (χ3v) is 0.833. The zero-order chi connectivity index (χ0) is 7.44. The Bertz CT molecular complexity index is 123. The van der Waals surface area contributed by atoms with Crippen LogP contribution in [0.15, 0.2) is 0 Å². The average Bonchev–Trinajstić information content (AvgIpc) is 1.64. The molecule has 0 amide bonds. The molecule has 9 heavy (non-hydrogen) atoms. The maximum atomic E-state index is 10.00. The molecule has 52 valence electrons. The molecular weight excluding hydrogens is 144 g/mol. The quantitative estimate of drug-likeness (QED) is 0.338. The molecule has 0 aliphatic rings. The Kier molecular flexibility index (Phi) is 3.07. The van der Waals surface area contributed by atoms with Crippen molar-refractivity contribution in [3.63, 3.8) is 0 Å². The normalized spacial score (nSPS) is 12.6. The van der Waals surface area contributed by atoms with Crippen LogP contribution in [0.3, 0.4) is 0 Å². The van der Waals surface area contributed by atoms with Gasteiger partial charge in [-0.1, -0.05) is 12.2 Å². The molecule has 0 spiro atoms. The summed E-state index contributed by atoms with van der Waals surface area (Å²) >= 11 is 4.28. The minimum atomic E-state index is -1.38. The summed E-state index contributed by atoms with van der Waals surface area (Å²) in [4.78, 5) is 13.6. The molecule has 0 saturated carbocycles. The van der Waals surface area contributed by atoms with Crippen LogP contribution in [0.5, 0.6) is 0 Å². The van der Waals surface area contributed by atoms with Crippen LogP contribution in [0.2, 0.25) is 0 Å². The summed E-state index contributed by atoms with van der Waals surface area (Å²) in [5.74, 6) is 3.24. The second-order valence-corrected chi connectivity index (χ2v) is 1.73. The van der Waals surface area contributed by atoms with E-state index in [0.717, 1.165) is 0 Å². The van der Waals surface area contributed by atoms with Gasteiger partial charge in [0.25, 0.3) is 0 Å². The summed E-state index contributed by atoms with van der Waals surface area (Å²) < 4.78 is 0. The zero-order valence-corrected chi connectivity index (χ0v) is 5.22. The van der Waals surface area contributed by atoms with Crippen molar-refractivity contribution in [2.24, 2.45) is 11.6 Å². The predicted molar refractivity (Wildman–Crippen MR) is 33.5 cm³/mol. The van der Waals surface area contributed by atoms with E-state index in [0.29, 0.717) is 0 Å². The molecule has 0 heterocycles. The van der Waals surface area contributed by atoms with E-state index in [1.807, 2.05) is 0 Å². The lowest BCUT2D eigenvalue weighted by atomic mass is 10.4. The number of carboxylic acids is 1. The standard InChI is InChI=1S/C3H6N2O3S/c4-2(9)1(8-5)3(6)7/h1H,5H2,(H2,4,9)(H,6,7). The van der Waals surface area contributed by atoms with E-state index in [4.69, 9.17) is 10.8 Å².